The number of likely N-dealkylation sites (N-methyl/N-ethyl adjacent to an activating group) is 2. The van der Waals surface area contributed by atoms with Gasteiger partial charge in [-0.05, 0) is 55.9 Å². The Bertz CT molecular complexity index is 1210. The largest absolute Gasteiger partial charge is 0.507 e. The Kier molecular flexibility index (Phi) is 7.92. The summed E-state index contributed by atoms with van der Waals surface area (Å²) in [6, 6.07) is 9.15. The van der Waals surface area contributed by atoms with Gasteiger partial charge >= 0.3 is 0 Å². The molecule has 2 heterocycles. The maximum Gasteiger partial charge on any atom is 0.295 e. The van der Waals surface area contributed by atoms with Gasteiger partial charge in [0.25, 0.3) is 11.7 Å². The number of aliphatic hydroxyl groups is 1. The second kappa shape index (κ2) is 11.1. The van der Waals surface area contributed by atoms with Crippen molar-refractivity contribution in [1.82, 2.24) is 9.80 Å². The molecule has 0 saturated carbocycles. The predicted molar refractivity (Wildman–Crippen MR) is 141 cm³/mol. The molecule has 37 heavy (non-hydrogen) atoms. The summed E-state index contributed by atoms with van der Waals surface area (Å²) >= 11 is 0. The van der Waals surface area contributed by atoms with Gasteiger partial charge in [0.15, 0.2) is 11.5 Å². The van der Waals surface area contributed by atoms with Crippen molar-refractivity contribution in [2.75, 3.05) is 57.9 Å². The number of hydrogen-bond acceptors (Lipinski definition) is 8. The Morgan fingerprint density at radius 2 is 1.89 bits per heavy atom. The van der Waals surface area contributed by atoms with E-state index in [0.717, 1.165) is 18.8 Å². The highest BCUT2D eigenvalue weighted by atomic mass is 16.5. The first-order chi connectivity index (χ1) is 17.8. The third-order valence-electron chi connectivity index (χ3n) is 7.02. The number of Topliss-reactive ketones (excluding diaryl/α,β-unsaturated/α-hetero) is 1. The van der Waals surface area contributed by atoms with Gasteiger partial charge < -0.3 is 34.4 Å². The maximum atomic E-state index is 13.4. The fraction of sp³-hybridized carbons (Fsp3) is 0.429. The molecule has 1 saturated heterocycles. The van der Waals surface area contributed by atoms with Crippen LogP contribution >= 0.6 is 0 Å². The number of phenols is 1. The highest BCUT2D eigenvalue weighted by molar-refractivity contribution is 6.46. The molecule has 1 atom stereocenters. The molecule has 0 spiro atoms. The smallest absolute Gasteiger partial charge is 0.295 e. The summed E-state index contributed by atoms with van der Waals surface area (Å²) in [4.78, 5) is 32.4. The van der Waals surface area contributed by atoms with Crippen LogP contribution in [0.5, 0.6) is 17.2 Å². The monoisotopic (exact) mass is 509 g/mol. The van der Waals surface area contributed by atoms with Crippen molar-refractivity contribution in [3.8, 4) is 17.2 Å². The highest BCUT2D eigenvalue weighted by Gasteiger charge is 2.46. The number of nitrogens with zero attached hydrogens (tertiary/aromatic N) is 3. The molecule has 1 fully saturated rings. The van der Waals surface area contributed by atoms with Gasteiger partial charge in [0.05, 0.1) is 30.5 Å². The number of aromatic hydroxyl groups is 1. The van der Waals surface area contributed by atoms with Crippen molar-refractivity contribution < 1.29 is 29.3 Å². The zero-order valence-corrected chi connectivity index (χ0v) is 21.9. The van der Waals surface area contributed by atoms with Crippen LogP contribution in [0.2, 0.25) is 0 Å². The number of rotatable bonds is 9. The lowest BCUT2D eigenvalue weighted by atomic mass is 9.94. The van der Waals surface area contributed by atoms with Crippen molar-refractivity contribution in [2.45, 2.75) is 26.8 Å². The van der Waals surface area contributed by atoms with E-state index in [0.29, 0.717) is 49.7 Å². The molecule has 0 aromatic heterocycles. The summed E-state index contributed by atoms with van der Waals surface area (Å²) in [5.41, 5.74) is 1.80. The number of amides is 1. The van der Waals surface area contributed by atoms with Crippen LogP contribution in [-0.2, 0) is 9.59 Å². The molecule has 2 N–H and O–H groups in total. The van der Waals surface area contributed by atoms with E-state index in [9.17, 15) is 19.8 Å². The van der Waals surface area contributed by atoms with Gasteiger partial charge in [0.1, 0.15) is 18.1 Å². The second-order valence-corrected chi connectivity index (χ2v) is 9.13. The summed E-state index contributed by atoms with van der Waals surface area (Å²) in [5, 5.41) is 21.7. The molecule has 2 aromatic rings. The quantitative estimate of drug-likeness (QED) is 0.301. The number of phenolic OH excluding ortho intramolecular Hbond substituents is 1. The Balaban J connectivity index is 1.83. The van der Waals surface area contributed by atoms with Crippen LogP contribution in [0.3, 0.4) is 0 Å². The zero-order valence-electron chi connectivity index (χ0n) is 21.9. The zero-order chi connectivity index (χ0) is 26.7. The van der Waals surface area contributed by atoms with Crippen LogP contribution in [0.15, 0.2) is 42.0 Å². The van der Waals surface area contributed by atoms with E-state index in [1.54, 1.807) is 37.3 Å². The van der Waals surface area contributed by atoms with Gasteiger partial charge in [-0.3, -0.25) is 9.59 Å². The molecule has 2 aliphatic rings. The van der Waals surface area contributed by atoms with Gasteiger partial charge in [-0.15, -0.1) is 0 Å². The molecule has 4 rings (SSSR count). The minimum absolute atomic E-state index is 0.0111. The van der Waals surface area contributed by atoms with Crippen LogP contribution < -0.4 is 14.4 Å². The molecular formula is C28H35N3O6. The van der Waals surface area contributed by atoms with Crippen molar-refractivity contribution in [1.29, 1.82) is 0 Å². The van der Waals surface area contributed by atoms with E-state index in [-0.39, 0.29) is 22.8 Å². The van der Waals surface area contributed by atoms with Crippen molar-refractivity contribution in [2.24, 2.45) is 0 Å². The van der Waals surface area contributed by atoms with E-state index in [1.165, 1.54) is 11.0 Å². The fourth-order valence-electron chi connectivity index (χ4n) is 4.87. The third-order valence-corrected chi connectivity index (χ3v) is 7.02. The van der Waals surface area contributed by atoms with E-state index in [2.05, 4.69) is 4.90 Å². The molecule has 0 radical (unpaired) electrons. The van der Waals surface area contributed by atoms with Crippen LogP contribution in [0, 0.1) is 0 Å². The molecule has 1 amide bonds. The third kappa shape index (κ3) is 5.09. The van der Waals surface area contributed by atoms with Crippen molar-refractivity contribution in [3.05, 3.63) is 53.1 Å². The number of likely N-dealkylation sites (tertiary alicyclic amines) is 1. The summed E-state index contributed by atoms with van der Waals surface area (Å²) in [5.74, 6) is -0.744. The Morgan fingerprint density at radius 1 is 1.14 bits per heavy atom. The van der Waals surface area contributed by atoms with Gasteiger partial charge in [-0.2, -0.15) is 0 Å². The highest BCUT2D eigenvalue weighted by Crippen LogP contribution is 2.43. The normalized spacial score (nSPS) is 18.8. The van der Waals surface area contributed by atoms with Crippen LogP contribution in [0.25, 0.3) is 5.76 Å². The van der Waals surface area contributed by atoms with Gasteiger partial charge in [0, 0.05) is 25.7 Å². The van der Waals surface area contributed by atoms with Gasteiger partial charge in [-0.1, -0.05) is 19.9 Å². The fourth-order valence-corrected chi connectivity index (χ4v) is 4.87. The van der Waals surface area contributed by atoms with Crippen LogP contribution in [0.4, 0.5) is 5.69 Å². The lowest BCUT2D eigenvalue weighted by molar-refractivity contribution is -0.140. The van der Waals surface area contributed by atoms with Crippen molar-refractivity contribution in [3.63, 3.8) is 0 Å². The number of ketones is 1. The summed E-state index contributed by atoms with van der Waals surface area (Å²) in [6.45, 7) is 9.99. The lowest BCUT2D eigenvalue weighted by Crippen LogP contribution is -2.38. The summed E-state index contributed by atoms with van der Waals surface area (Å²) in [7, 11) is 1.93. The van der Waals surface area contributed by atoms with Crippen molar-refractivity contribution >= 4 is 23.1 Å². The molecule has 0 aliphatic carbocycles. The number of carbonyl (C=O) groups excluding carboxylic acids is 2. The predicted octanol–water partition coefficient (Wildman–Crippen LogP) is 3.38. The first-order valence-electron chi connectivity index (χ1n) is 12.7. The number of ether oxygens (including phenoxy) is 2. The number of aliphatic hydroxyl groups excluding tert-OH is 1. The van der Waals surface area contributed by atoms with E-state index >= 15 is 0 Å². The number of fused-ring (bicyclic) bond motifs is 1. The Hall–Kier alpha value is -3.72. The average molecular weight is 510 g/mol. The van der Waals surface area contributed by atoms with Crippen LogP contribution in [-0.4, -0.2) is 84.7 Å². The van der Waals surface area contributed by atoms with E-state index in [4.69, 9.17) is 9.47 Å². The number of anilines is 1. The van der Waals surface area contributed by atoms with E-state index < -0.39 is 17.7 Å². The minimum Gasteiger partial charge on any atom is -0.507 e. The number of benzene rings is 2. The molecule has 9 heteroatoms. The molecular weight excluding hydrogens is 474 g/mol. The molecule has 1 unspecified atom stereocenters. The average Bonchev–Trinajstić information content (AvgIpc) is 3.15. The Morgan fingerprint density at radius 3 is 2.59 bits per heavy atom. The standard InChI is InChI=1S/C28H35N3O6/c1-5-30(6-2)12-13-31-25(18-8-10-21(32)23(17-18)36-7-3)24(27(34)28(31)35)26(33)19-9-11-22-20(16-19)29(4)14-15-37-22/h8-11,16-17,25,32-33H,5-7,12-15H2,1-4H3/b26-24+. The first-order valence-corrected chi connectivity index (χ1v) is 12.7. The first kappa shape index (κ1) is 26.3. The van der Waals surface area contributed by atoms with E-state index in [1.807, 2.05) is 25.8 Å². The molecule has 198 valence electrons. The lowest BCUT2D eigenvalue weighted by Gasteiger charge is -2.29. The second-order valence-electron chi connectivity index (χ2n) is 9.13. The van der Waals surface area contributed by atoms with Gasteiger partial charge in [0.2, 0.25) is 0 Å². The number of carbonyl (C=O) groups is 2. The van der Waals surface area contributed by atoms with Crippen LogP contribution in [0.1, 0.15) is 37.9 Å². The molecule has 9 nitrogen and oxygen atoms in total. The summed E-state index contributed by atoms with van der Waals surface area (Å²) < 4.78 is 11.3. The van der Waals surface area contributed by atoms with Gasteiger partial charge in [-0.25, -0.2) is 0 Å². The molecule has 2 aromatic carbocycles. The Labute approximate surface area is 217 Å². The number of hydrogen-bond donors (Lipinski definition) is 2. The maximum absolute atomic E-state index is 13.4. The topological polar surface area (TPSA) is 103 Å². The molecule has 2 aliphatic heterocycles. The SMILES string of the molecule is CCOc1cc(C2/C(=C(\O)c3ccc4c(c3)N(C)CCO4)C(=O)C(=O)N2CCN(CC)CC)ccc1O. The minimum atomic E-state index is -0.833. The molecule has 0 bridgehead atoms. The summed E-state index contributed by atoms with van der Waals surface area (Å²) in [6.07, 6.45) is 0.